The molecule has 3 N–H and O–H groups in total. The molecule has 3 fully saturated rings. The van der Waals surface area contributed by atoms with Crippen LogP contribution >= 0.6 is 0 Å². The molecule has 26 heavy (non-hydrogen) atoms. The van der Waals surface area contributed by atoms with Gasteiger partial charge in [-0.3, -0.25) is 19.7 Å². The van der Waals surface area contributed by atoms with Gasteiger partial charge in [-0.05, 0) is 48.5 Å². The van der Waals surface area contributed by atoms with E-state index >= 15 is 0 Å². The topological polar surface area (TPSA) is 90.5 Å². The van der Waals surface area contributed by atoms with Crippen LogP contribution < -0.4 is 16.0 Å². The molecule has 1 saturated carbocycles. The number of hydrogen-bond donors (Lipinski definition) is 3. The van der Waals surface area contributed by atoms with Gasteiger partial charge in [-0.25, -0.2) is 0 Å². The second-order valence-electron chi connectivity index (χ2n) is 7.78. The number of imide groups is 1. The van der Waals surface area contributed by atoms with Gasteiger partial charge >= 0.3 is 0 Å². The molecule has 136 valence electrons. The van der Waals surface area contributed by atoms with Gasteiger partial charge in [-0.15, -0.1) is 0 Å². The van der Waals surface area contributed by atoms with E-state index in [4.69, 9.17) is 0 Å². The summed E-state index contributed by atoms with van der Waals surface area (Å²) in [5.41, 5.74) is 2.74. The van der Waals surface area contributed by atoms with Crippen molar-refractivity contribution in [3.8, 4) is 0 Å². The Labute approximate surface area is 151 Å². The molecule has 1 aliphatic carbocycles. The summed E-state index contributed by atoms with van der Waals surface area (Å²) >= 11 is 0. The van der Waals surface area contributed by atoms with Crippen LogP contribution in [0.15, 0.2) is 18.2 Å². The van der Waals surface area contributed by atoms with E-state index in [1.165, 1.54) is 0 Å². The normalized spacial score (nSPS) is 32.5. The van der Waals surface area contributed by atoms with Crippen LogP contribution in [0, 0.1) is 11.8 Å². The molecule has 3 amide bonds. The van der Waals surface area contributed by atoms with Crippen molar-refractivity contribution in [3.05, 3.63) is 34.9 Å². The number of benzene rings is 1. The number of nitrogens with one attached hydrogen (secondary N) is 3. The molecule has 2 unspecified atom stereocenters. The molecule has 0 spiro atoms. The van der Waals surface area contributed by atoms with Crippen molar-refractivity contribution >= 4 is 17.7 Å². The molecule has 7 heteroatoms. The zero-order valence-corrected chi connectivity index (χ0v) is 14.5. The zero-order chi connectivity index (χ0) is 17.8. The Kier molecular flexibility index (Phi) is 3.62. The minimum atomic E-state index is -0.549. The van der Waals surface area contributed by atoms with E-state index in [0.717, 1.165) is 42.6 Å². The van der Waals surface area contributed by atoms with Gasteiger partial charge < -0.3 is 15.5 Å². The molecule has 1 aromatic carbocycles. The van der Waals surface area contributed by atoms with Crippen molar-refractivity contribution in [2.75, 3.05) is 13.1 Å². The van der Waals surface area contributed by atoms with E-state index in [9.17, 15) is 14.4 Å². The maximum atomic E-state index is 12.8. The lowest BCUT2D eigenvalue weighted by atomic mass is 10.0. The fraction of sp³-hybridized carbons (Fsp3) is 0.526. The lowest BCUT2D eigenvalue weighted by molar-refractivity contribution is -0.136. The third-order valence-corrected chi connectivity index (χ3v) is 6.23. The first-order chi connectivity index (χ1) is 12.6. The van der Waals surface area contributed by atoms with Crippen molar-refractivity contribution in [1.82, 2.24) is 20.9 Å². The summed E-state index contributed by atoms with van der Waals surface area (Å²) in [6, 6.07) is 6.05. The lowest BCUT2D eigenvalue weighted by Gasteiger charge is -2.29. The number of carbonyl (C=O) groups excluding carboxylic acids is 3. The molecule has 3 aliphatic heterocycles. The third-order valence-electron chi connectivity index (χ3n) is 6.23. The number of hydrogen-bond acceptors (Lipinski definition) is 5. The number of fused-ring (bicyclic) bond motifs is 2. The molecule has 7 nitrogen and oxygen atoms in total. The molecule has 2 saturated heterocycles. The highest BCUT2D eigenvalue weighted by Gasteiger charge is 2.52. The van der Waals surface area contributed by atoms with E-state index in [1.54, 1.807) is 4.90 Å². The summed E-state index contributed by atoms with van der Waals surface area (Å²) in [5.74, 6) is 0.786. The van der Waals surface area contributed by atoms with Crippen LogP contribution in [0.5, 0.6) is 0 Å². The van der Waals surface area contributed by atoms with E-state index < -0.39 is 6.04 Å². The summed E-state index contributed by atoms with van der Waals surface area (Å²) in [6.07, 6.45) is 0.682. The Hall–Kier alpha value is -2.25. The molecule has 0 aromatic heterocycles. The second-order valence-corrected chi connectivity index (χ2v) is 7.78. The number of piperidine rings is 2. The number of nitrogens with zero attached hydrogens (tertiary/aromatic N) is 1. The van der Waals surface area contributed by atoms with Gasteiger partial charge in [0.15, 0.2) is 0 Å². The summed E-state index contributed by atoms with van der Waals surface area (Å²) in [6.45, 7) is 3.40. The maximum absolute atomic E-state index is 12.8. The Balaban J connectivity index is 1.27. The molecule has 1 aromatic rings. The van der Waals surface area contributed by atoms with Gasteiger partial charge in [-0.1, -0.05) is 12.1 Å². The maximum Gasteiger partial charge on any atom is 0.255 e. The first-order valence-corrected chi connectivity index (χ1v) is 9.32. The first kappa shape index (κ1) is 16.0. The molecule has 0 radical (unpaired) electrons. The van der Waals surface area contributed by atoms with Gasteiger partial charge in [0.25, 0.3) is 5.91 Å². The Bertz CT molecular complexity index is 798. The van der Waals surface area contributed by atoms with Crippen LogP contribution in [0.4, 0.5) is 0 Å². The standard InChI is InChI=1S/C19H22N4O3/c24-16-4-3-15(18(25)22-16)23-9-11-2-1-10(5-12(11)19(23)26)6-21-17-13-7-20-8-14(13)17/h1-2,5,13-15,17,20-21H,3-4,6-9H2,(H,22,24,25)/t13-,14+,15?,17?. The van der Waals surface area contributed by atoms with Crippen molar-refractivity contribution in [3.63, 3.8) is 0 Å². The van der Waals surface area contributed by atoms with Crippen LogP contribution in [0.25, 0.3) is 0 Å². The highest BCUT2D eigenvalue weighted by atomic mass is 16.2. The number of rotatable bonds is 4. The van der Waals surface area contributed by atoms with Gasteiger partial charge in [0.05, 0.1) is 0 Å². The Morgan fingerprint density at radius 3 is 2.73 bits per heavy atom. The predicted molar refractivity (Wildman–Crippen MR) is 93.0 cm³/mol. The number of carbonyl (C=O) groups is 3. The van der Waals surface area contributed by atoms with E-state index in [1.807, 2.05) is 12.1 Å². The quantitative estimate of drug-likeness (QED) is 0.649. The van der Waals surface area contributed by atoms with Gasteiger partial charge in [0, 0.05) is 31.1 Å². The minimum absolute atomic E-state index is 0.108. The average Bonchev–Trinajstić information content (AvgIpc) is 2.94. The number of amides is 3. The minimum Gasteiger partial charge on any atom is -0.322 e. The largest absolute Gasteiger partial charge is 0.322 e. The van der Waals surface area contributed by atoms with Crippen molar-refractivity contribution in [2.45, 2.75) is 38.0 Å². The fourth-order valence-electron chi connectivity index (χ4n) is 4.67. The van der Waals surface area contributed by atoms with Crippen LogP contribution in [0.2, 0.25) is 0 Å². The van der Waals surface area contributed by atoms with Gasteiger partial charge in [0.2, 0.25) is 11.8 Å². The van der Waals surface area contributed by atoms with Crippen molar-refractivity contribution in [2.24, 2.45) is 11.8 Å². The van der Waals surface area contributed by atoms with Crippen LogP contribution in [-0.2, 0) is 22.7 Å². The fourth-order valence-corrected chi connectivity index (χ4v) is 4.67. The molecular weight excluding hydrogens is 332 g/mol. The third kappa shape index (κ3) is 2.54. The summed E-state index contributed by atoms with van der Waals surface area (Å²) in [7, 11) is 0. The van der Waals surface area contributed by atoms with E-state index in [0.29, 0.717) is 24.6 Å². The first-order valence-electron chi connectivity index (χ1n) is 9.32. The lowest BCUT2D eigenvalue weighted by Crippen LogP contribution is -2.52. The smallest absolute Gasteiger partial charge is 0.255 e. The molecule has 0 bridgehead atoms. The van der Waals surface area contributed by atoms with Gasteiger partial charge in [-0.2, -0.15) is 0 Å². The van der Waals surface area contributed by atoms with Crippen LogP contribution in [-0.4, -0.2) is 47.8 Å². The SMILES string of the molecule is O=C1CCC(N2Cc3ccc(CNC4[C@H]5CNC[C@@H]45)cc3C2=O)C(=O)N1. The highest BCUT2D eigenvalue weighted by molar-refractivity contribution is 6.05. The second kappa shape index (κ2) is 5.89. The molecule has 3 heterocycles. The van der Waals surface area contributed by atoms with E-state index in [-0.39, 0.29) is 24.1 Å². The van der Waals surface area contributed by atoms with Crippen LogP contribution in [0.3, 0.4) is 0 Å². The molecular formula is C19H22N4O3. The molecule has 4 atom stereocenters. The average molecular weight is 354 g/mol. The Morgan fingerprint density at radius 1 is 1.15 bits per heavy atom. The van der Waals surface area contributed by atoms with Crippen molar-refractivity contribution < 1.29 is 14.4 Å². The Morgan fingerprint density at radius 2 is 1.96 bits per heavy atom. The van der Waals surface area contributed by atoms with Crippen LogP contribution in [0.1, 0.15) is 34.3 Å². The monoisotopic (exact) mass is 354 g/mol. The molecule has 5 rings (SSSR count). The predicted octanol–water partition coefficient (Wildman–Crippen LogP) is -0.245. The van der Waals surface area contributed by atoms with Gasteiger partial charge in [0.1, 0.15) is 6.04 Å². The summed E-state index contributed by atoms with van der Waals surface area (Å²) in [5, 5.41) is 9.33. The van der Waals surface area contributed by atoms with Crippen molar-refractivity contribution in [1.29, 1.82) is 0 Å². The summed E-state index contributed by atoms with van der Waals surface area (Å²) in [4.78, 5) is 37.8. The zero-order valence-electron chi connectivity index (χ0n) is 14.5. The summed E-state index contributed by atoms with van der Waals surface area (Å²) < 4.78 is 0. The molecule has 4 aliphatic rings. The van der Waals surface area contributed by atoms with E-state index in [2.05, 4.69) is 22.0 Å². The highest BCUT2D eigenvalue weighted by Crippen LogP contribution is 2.41.